The second kappa shape index (κ2) is 5.81. The zero-order valence-corrected chi connectivity index (χ0v) is 14.4. The van der Waals surface area contributed by atoms with Gasteiger partial charge in [-0.3, -0.25) is 4.40 Å². The van der Waals surface area contributed by atoms with E-state index in [1.54, 1.807) is 0 Å². The predicted molar refractivity (Wildman–Crippen MR) is 106 cm³/mol. The molecule has 3 nitrogen and oxygen atoms in total. The minimum Gasteiger partial charge on any atom is -0.281 e. The van der Waals surface area contributed by atoms with E-state index in [1.807, 2.05) is 6.07 Å². The Bertz CT molecular complexity index is 1220. The fraction of sp³-hybridized carbons (Fsp3) is 0.0435. The number of aromatic nitrogens is 3. The monoisotopic (exact) mass is 335 g/mol. The molecule has 26 heavy (non-hydrogen) atoms. The first-order valence-electron chi connectivity index (χ1n) is 8.70. The Kier molecular flexibility index (Phi) is 3.32. The SMILES string of the molecule is Cc1ccc(-c2nnc3c4ccccc4c(-c4ccccc4)cn23)cc1. The third-order valence-electron chi connectivity index (χ3n) is 4.81. The van der Waals surface area contributed by atoms with E-state index in [4.69, 9.17) is 0 Å². The lowest BCUT2D eigenvalue weighted by atomic mass is 10.0. The summed E-state index contributed by atoms with van der Waals surface area (Å²) in [5.41, 5.74) is 5.56. The van der Waals surface area contributed by atoms with Crippen LogP contribution in [0.3, 0.4) is 0 Å². The zero-order chi connectivity index (χ0) is 17.5. The fourth-order valence-electron chi connectivity index (χ4n) is 3.46. The summed E-state index contributed by atoms with van der Waals surface area (Å²) >= 11 is 0. The van der Waals surface area contributed by atoms with Crippen molar-refractivity contribution in [3.8, 4) is 22.5 Å². The molecule has 0 spiro atoms. The van der Waals surface area contributed by atoms with Crippen LogP contribution in [0.2, 0.25) is 0 Å². The molecule has 3 heteroatoms. The highest BCUT2D eigenvalue weighted by molar-refractivity contribution is 6.03. The van der Waals surface area contributed by atoms with E-state index in [1.165, 1.54) is 22.1 Å². The summed E-state index contributed by atoms with van der Waals surface area (Å²) in [4.78, 5) is 0. The summed E-state index contributed by atoms with van der Waals surface area (Å²) in [5.74, 6) is 0.864. The number of hydrogen-bond acceptors (Lipinski definition) is 2. The van der Waals surface area contributed by atoms with Crippen molar-refractivity contribution in [2.75, 3.05) is 0 Å². The molecule has 0 radical (unpaired) electrons. The van der Waals surface area contributed by atoms with E-state index in [9.17, 15) is 0 Å². The molecule has 0 amide bonds. The van der Waals surface area contributed by atoms with Crippen molar-refractivity contribution in [2.45, 2.75) is 6.92 Å². The molecule has 2 aromatic heterocycles. The molecule has 0 saturated heterocycles. The van der Waals surface area contributed by atoms with E-state index in [2.05, 4.69) is 101 Å². The van der Waals surface area contributed by atoms with Crippen LogP contribution in [0.1, 0.15) is 5.56 Å². The topological polar surface area (TPSA) is 30.2 Å². The maximum atomic E-state index is 4.49. The van der Waals surface area contributed by atoms with Gasteiger partial charge < -0.3 is 0 Å². The van der Waals surface area contributed by atoms with Crippen molar-refractivity contribution < 1.29 is 0 Å². The number of hydrogen-bond donors (Lipinski definition) is 0. The van der Waals surface area contributed by atoms with Gasteiger partial charge in [-0.2, -0.15) is 0 Å². The van der Waals surface area contributed by atoms with Crippen LogP contribution >= 0.6 is 0 Å². The normalized spacial score (nSPS) is 11.3. The first-order valence-corrected chi connectivity index (χ1v) is 8.70. The van der Waals surface area contributed by atoms with Crippen LogP contribution in [0, 0.1) is 6.92 Å². The van der Waals surface area contributed by atoms with Crippen molar-refractivity contribution >= 4 is 16.4 Å². The molecule has 3 aromatic carbocycles. The Hall–Kier alpha value is -3.46. The molecule has 0 N–H and O–H groups in total. The number of nitrogens with zero attached hydrogens (tertiary/aromatic N) is 3. The van der Waals surface area contributed by atoms with Gasteiger partial charge in [-0.25, -0.2) is 0 Å². The van der Waals surface area contributed by atoms with E-state index in [0.717, 1.165) is 22.4 Å². The van der Waals surface area contributed by atoms with Gasteiger partial charge >= 0.3 is 0 Å². The average molecular weight is 335 g/mol. The molecule has 5 rings (SSSR count). The summed E-state index contributed by atoms with van der Waals surface area (Å²) in [7, 11) is 0. The van der Waals surface area contributed by atoms with Crippen molar-refractivity contribution in [2.24, 2.45) is 0 Å². The van der Waals surface area contributed by atoms with E-state index in [-0.39, 0.29) is 0 Å². The highest BCUT2D eigenvalue weighted by Crippen LogP contribution is 2.32. The third kappa shape index (κ3) is 2.29. The first kappa shape index (κ1) is 14.8. The molecule has 0 fully saturated rings. The Labute approximate surface area is 151 Å². The fourth-order valence-corrected chi connectivity index (χ4v) is 3.46. The van der Waals surface area contributed by atoms with Crippen molar-refractivity contribution in [3.05, 3.63) is 90.6 Å². The lowest BCUT2D eigenvalue weighted by Gasteiger charge is -2.10. The predicted octanol–water partition coefficient (Wildman–Crippen LogP) is 5.52. The van der Waals surface area contributed by atoms with Gasteiger partial charge in [0.25, 0.3) is 0 Å². The van der Waals surface area contributed by atoms with Crippen molar-refractivity contribution in [1.29, 1.82) is 0 Å². The molecular formula is C23H17N3. The van der Waals surface area contributed by atoms with Gasteiger partial charge in [-0.05, 0) is 17.9 Å². The van der Waals surface area contributed by atoms with Crippen LogP contribution in [0.4, 0.5) is 0 Å². The van der Waals surface area contributed by atoms with Gasteiger partial charge in [0, 0.05) is 22.7 Å². The third-order valence-corrected chi connectivity index (χ3v) is 4.81. The second-order valence-electron chi connectivity index (χ2n) is 6.54. The van der Waals surface area contributed by atoms with Crippen molar-refractivity contribution in [3.63, 3.8) is 0 Å². The molecule has 0 aliphatic rings. The number of aryl methyl sites for hydroxylation is 1. The molecular weight excluding hydrogens is 318 g/mol. The number of pyridine rings is 1. The maximum absolute atomic E-state index is 4.49. The van der Waals surface area contributed by atoms with Crippen LogP contribution < -0.4 is 0 Å². The van der Waals surface area contributed by atoms with E-state index in [0.29, 0.717) is 0 Å². The number of benzene rings is 3. The maximum Gasteiger partial charge on any atom is 0.169 e. The van der Waals surface area contributed by atoms with Crippen LogP contribution in [-0.4, -0.2) is 14.6 Å². The van der Waals surface area contributed by atoms with Gasteiger partial charge in [0.05, 0.1) is 0 Å². The lowest BCUT2D eigenvalue weighted by molar-refractivity contribution is 1.11. The summed E-state index contributed by atoms with van der Waals surface area (Å²) < 4.78 is 2.11. The molecule has 124 valence electrons. The second-order valence-corrected chi connectivity index (χ2v) is 6.54. The molecule has 0 unspecified atom stereocenters. The van der Waals surface area contributed by atoms with Gasteiger partial charge in [0.15, 0.2) is 11.5 Å². The zero-order valence-electron chi connectivity index (χ0n) is 14.4. The Balaban J connectivity index is 1.86. The first-order chi connectivity index (χ1) is 12.8. The average Bonchev–Trinajstić information content (AvgIpc) is 3.13. The number of rotatable bonds is 2. The molecule has 2 heterocycles. The van der Waals surface area contributed by atoms with Crippen molar-refractivity contribution in [1.82, 2.24) is 14.6 Å². The van der Waals surface area contributed by atoms with Crippen LogP contribution in [0.25, 0.3) is 38.9 Å². The molecule has 0 bridgehead atoms. The Morgan fingerprint density at radius 2 is 1.35 bits per heavy atom. The Morgan fingerprint density at radius 3 is 2.12 bits per heavy atom. The lowest BCUT2D eigenvalue weighted by Crippen LogP contribution is -1.93. The van der Waals surface area contributed by atoms with E-state index >= 15 is 0 Å². The Morgan fingerprint density at radius 1 is 0.654 bits per heavy atom. The molecule has 0 saturated carbocycles. The van der Waals surface area contributed by atoms with Gasteiger partial charge in [0.2, 0.25) is 0 Å². The quantitative estimate of drug-likeness (QED) is 0.425. The highest BCUT2D eigenvalue weighted by atomic mass is 15.2. The van der Waals surface area contributed by atoms with E-state index < -0.39 is 0 Å². The van der Waals surface area contributed by atoms with Gasteiger partial charge in [-0.15, -0.1) is 10.2 Å². The van der Waals surface area contributed by atoms with Gasteiger partial charge in [-0.1, -0.05) is 84.4 Å². The smallest absolute Gasteiger partial charge is 0.169 e. The standard InChI is InChI=1S/C23H17N3/c1-16-11-13-18(14-12-16)22-24-25-23-20-10-6-5-9-19(20)21(15-26(22)23)17-7-3-2-4-8-17/h2-15H,1H3. The van der Waals surface area contributed by atoms with Crippen LogP contribution in [0.5, 0.6) is 0 Å². The molecule has 0 aliphatic carbocycles. The highest BCUT2D eigenvalue weighted by Gasteiger charge is 2.14. The summed E-state index contributed by atoms with van der Waals surface area (Å²) in [6.45, 7) is 2.09. The molecule has 0 atom stereocenters. The summed E-state index contributed by atoms with van der Waals surface area (Å²) in [5, 5.41) is 11.3. The van der Waals surface area contributed by atoms with Crippen LogP contribution in [0.15, 0.2) is 85.1 Å². The summed E-state index contributed by atoms with van der Waals surface area (Å²) in [6, 6.07) is 27.3. The number of fused-ring (bicyclic) bond motifs is 3. The largest absolute Gasteiger partial charge is 0.281 e. The molecule has 0 aliphatic heterocycles. The minimum absolute atomic E-state index is 0.864. The summed E-state index contributed by atoms with van der Waals surface area (Å²) in [6.07, 6.45) is 2.15. The van der Waals surface area contributed by atoms with Crippen LogP contribution in [-0.2, 0) is 0 Å². The molecule has 5 aromatic rings. The minimum atomic E-state index is 0.864. The van der Waals surface area contributed by atoms with Gasteiger partial charge in [0.1, 0.15) is 0 Å².